The zero-order valence-electron chi connectivity index (χ0n) is 25.4. The van der Waals surface area contributed by atoms with E-state index >= 15 is 0 Å². The SMILES string of the molecule is O=C(NC1(C(=O)N[C@H](Cc2c[nH]c3ccccc23)c2ncc(-c3ccccc3)[nH]2)CC1c1csc2ccccc12)C1CCNCC1. The molecule has 2 fully saturated rings. The van der Waals surface area contributed by atoms with Crippen molar-refractivity contribution in [2.45, 2.75) is 43.2 Å². The largest absolute Gasteiger partial charge is 0.361 e. The van der Waals surface area contributed by atoms with Gasteiger partial charge in [0.25, 0.3) is 0 Å². The number of rotatable bonds is 9. The van der Waals surface area contributed by atoms with Crippen LogP contribution < -0.4 is 16.0 Å². The van der Waals surface area contributed by atoms with Gasteiger partial charge >= 0.3 is 0 Å². The summed E-state index contributed by atoms with van der Waals surface area (Å²) in [7, 11) is 0. The highest BCUT2D eigenvalue weighted by molar-refractivity contribution is 7.17. The quantitative estimate of drug-likeness (QED) is 0.131. The summed E-state index contributed by atoms with van der Waals surface area (Å²) in [5.74, 6) is 0.260. The van der Waals surface area contributed by atoms with Crippen LogP contribution in [0.5, 0.6) is 0 Å². The first-order valence-corrected chi connectivity index (χ1v) is 16.9. The third-order valence-electron chi connectivity index (χ3n) is 9.72. The Kier molecular flexibility index (Phi) is 7.42. The lowest BCUT2D eigenvalue weighted by molar-refractivity contribution is -0.133. The third kappa shape index (κ3) is 5.29. The molecule has 0 spiro atoms. The van der Waals surface area contributed by atoms with Crippen molar-refractivity contribution in [2.24, 2.45) is 5.92 Å². The summed E-state index contributed by atoms with van der Waals surface area (Å²) in [6.07, 6.45) is 6.47. The maximum absolute atomic E-state index is 14.7. The zero-order valence-corrected chi connectivity index (χ0v) is 26.2. The Hall–Kier alpha value is -4.73. The van der Waals surface area contributed by atoms with Gasteiger partial charge in [0.05, 0.1) is 17.9 Å². The van der Waals surface area contributed by atoms with E-state index in [2.05, 4.69) is 55.6 Å². The van der Waals surface area contributed by atoms with Gasteiger partial charge in [-0.05, 0) is 71.9 Å². The summed E-state index contributed by atoms with van der Waals surface area (Å²) < 4.78 is 1.18. The molecule has 1 aliphatic heterocycles. The number of hydrogen-bond acceptors (Lipinski definition) is 5. The van der Waals surface area contributed by atoms with E-state index in [1.165, 1.54) is 4.70 Å². The number of carbonyl (C=O) groups is 2. The zero-order chi connectivity index (χ0) is 31.1. The number of para-hydroxylation sites is 1. The second-order valence-electron chi connectivity index (χ2n) is 12.6. The van der Waals surface area contributed by atoms with Crippen LogP contribution in [0, 0.1) is 5.92 Å². The van der Waals surface area contributed by atoms with E-state index < -0.39 is 11.6 Å². The van der Waals surface area contributed by atoms with Gasteiger partial charge in [0.15, 0.2) is 0 Å². The molecule has 8 rings (SSSR count). The van der Waals surface area contributed by atoms with Gasteiger partial charge in [-0.25, -0.2) is 4.98 Å². The van der Waals surface area contributed by atoms with Crippen LogP contribution in [0.4, 0.5) is 0 Å². The molecule has 0 radical (unpaired) electrons. The van der Waals surface area contributed by atoms with Crippen LogP contribution in [-0.2, 0) is 16.0 Å². The number of aromatic nitrogens is 3. The first-order valence-electron chi connectivity index (χ1n) is 16.0. The number of nitrogens with one attached hydrogen (secondary N) is 5. The summed E-state index contributed by atoms with van der Waals surface area (Å²) in [5.41, 5.74) is 4.14. The molecule has 1 saturated heterocycles. The Labute approximate surface area is 271 Å². The van der Waals surface area contributed by atoms with Gasteiger partial charge in [-0.2, -0.15) is 0 Å². The van der Waals surface area contributed by atoms with Crippen molar-refractivity contribution in [3.05, 3.63) is 114 Å². The molecule has 1 saturated carbocycles. The lowest BCUT2D eigenvalue weighted by atomic mass is 9.95. The van der Waals surface area contributed by atoms with E-state index in [0.717, 1.165) is 64.6 Å². The van der Waals surface area contributed by atoms with Crippen molar-refractivity contribution in [3.8, 4) is 11.3 Å². The fourth-order valence-electron chi connectivity index (χ4n) is 7.06. The molecular formula is C37H36N6O2S. The fraction of sp³-hybridized carbons (Fsp3) is 0.270. The summed E-state index contributed by atoms with van der Waals surface area (Å²) in [4.78, 5) is 40.0. The minimum atomic E-state index is -1.03. The molecule has 9 heteroatoms. The van der Waals surface area contributed by atoms with Gasteiger partial charge in [-0.15, -0.1) is 11.3 Å². The molecule has 1 aliphatic carbocycles. The molecule has 232 valence electrons. The van der Waals surface area contributed by atoms with E-state index in [1.807, 2.05) is 67.0 Å². The van der Waals surface area contributed by atoms with Crippen LogP contribution in [0.2, 0.25) is 0 Å². The van der Waals surface area contributed by atoms with Crippen LogP contribution in [0.25, 0.3) is 32.2 Å². The van der Waals surface area contributed by atoms with E-state index in [9.17, 15) is 9.59 Å². The maximum atomic E-state index is 14.7. The number of nitrogens with zero attached hydrogens (tertiary/aromatic N) is 1. The molecule has 2 amide bonds. The van der Waals surface area contributed by atoms with Crippen LogP contribution in [0.1, 0.15) is 48.2 Å². The first-order chi connectivity index (χ1) is 22.6. The summed E-state index contributed by atoms with van der Waals surface area (Å²) in [5, 5.41) is 14.4. The second-order valence-corrected chi connectivity index (χ2v) is 13.5. The molecule has 3 atom stereocenters. The monoisotopic (exact) mass is 628 g/mol. The lowest BCUT2D eigenvalue weighted by Crippen LogP contribution is -2.53. The van der Waals surface area contributed by atoms with Crippen molar-refractivity contribution in [2.75, 3.05) is 13.1 Å². The minimum Gasteiger partial charge on any atom is -0.361 e. The minimum absolute atomic E-state index is 0.0313. The summed E-state index contributed by atoms with van der Waals surface area (Å²) in [6.45, 7) is 1.62. The topological polar surface area (TPSA) is 115 Å². The van der Waals surface area contributed by atoms with E-state index in [-0.39, 0.29) is 23.7 Å². The molecule has 2 aliphatic rings. The van der Waals surface area contributed by atoms with Gasteiger partial charge in [-0.3, -0.25) is 9.59 Å². The summed E-state index contributed by atoms with van der Waals surface area (Å²) >= 11 is 1.69. The highest BCUT2D eigenvalue weighted by atomic mass is 32.1. The van der Waals surface area contributed by atoms with Crippen molar-refractivity contribution in [3.63, 3.8) is 0 Å². The first kappa shape index (κ1) is 28.7. The van der Waals surface area contributed by atoms with Crippen molar-refractivity contribution in [1.29, 1.82) is 0 Å². The Balaban J connectivity index is 1.14. The molecule has 4 heterocycles. The molecule has 5 N–H and O–H groups in total. The molecular weight excluding hydrogens is 593 g/mol. The normalized spacial score (nSPS) is 20.5. The standard InChI is InChI=1S/C37H36N6O2S/c44-35(24-14-16-38-17-15-24)43-37(19-29(37)28-22-46-33-13-7-5-11-27(28)33)36(45)42-31(18-25-20-39-30-12-6-4-10-26(25)30)34-40-21-32(41-34)23-8-2-1-3-9-23/h1-13,20-22,24,29,31,38-39H,14-19H2,(H,40,41)(H,42,45)(H,43,44)/t29?,31-,37?/m1/s1. The van der Waals surface area contributed by atoms with Gasteiger partial charge in [0, 0.05) is 40.1 Å². The predicted octanol–water partition coefficient (Wildman–Crippen LogP) is 6.21. The van der Waals surface area contributed by atoms with E-state index in [4.69, 9.17) is 4.98 Å². The highest BCUT2D eigenvalue weighted by Gasteiger charge is 2.62. The number of thiophene rings is 1. The predicted molar refractivity (Wildman–Crippen MR) is 183 cm³/mol. The smallest absolute Gasteiger partial charge is 0.247 e. The number of H-pyrrole nitrogens is 2. The number of fused-ring (bicyclic) bond motifs is 2. The Morgan fingerprint density at radius 3 is 2.57 bits per heavy atom. The van der Waals surface area contributed by atoms with Gasteiger partial charge in [0.2, 0.25) is 11.8 Å². The maximum Gasteiger partial charge on any atom is 0.247 e. The molecule has 8 nitrogen and oxygen atoms in total. The molecule has 2 unspecified atom stereocenters. The average Bonchev–Trinajstić information content (AvgIpc) is 3.48. The Morgan fingerprint density at radius 1 is 0.957 bits per heavy atom. The Morgan fingerprint density at radius 2 is 1.72 bits per heavy atom. The number of amides is 2. The highest BCUT2D eigenvalue weighted by Crippen LogP contribution is 2.55. The van der Waals surface area contributed by atoms with E-state index in [1.54, 1.807) is 11.3 Å². The fourth-order valence-corrected chi connectivity index (χ4v) is 8.08. The third-order valence-corrected chi connectivity index (χ3v) is 10.7. The number of carbonyl (C=O) groups excluding carboxylic acids is 2. The number of piperidine rings is 1. The van der Waals surface area contributed by atoms with Gasteiger partial charge < -0.3 is 25.9 Å². The molecule has 46 heavy (non-hydrogen) atoms. The molecule has 6 aromatic rings. The molecule has 0 bridgehead atoms. The Bertz CT molecular complexity index is 2020. The summed E-state index contributed by atoms with van der Waals surface area (Å²) in [6, 6.07) is 26.1. The van der Waals surface area contributed by atoms with Crippen molar-refractivity contribution < 1.29 is 9.59 Å². The molecule has 3 aromatic carbocycles. The average molecular weight is 629 g/mol. The van der Waals surface area contributed by atoms with Gasteiger partial charge in [-0.1, -0.05) is 66.7 Å². The lowest BCUT2D eigenvalue weighted by Gasteiger charge is -2.27. The van der Waals surface area contributed by atoms with E-state index in [0.29, 0.717) is 18.7 Å². The second kappa shape index (κ2) is 11.9. The number of benzene rings is 3. The number of aromatic amines is 2. The van der Waals surface area contributed by atoms with Crippen LogP contribution in [-0.4, -0.2) is 45.4 Å². The number of imidazole rings is 1. The van der Waals surface area contributed by atoms with Crippen LogP contribution in [0.3, 0.4) is 0 Å². The van der Waals surface area contributed by atoms with Crippen LogP contribution in [0.15, 0.2) is 96.6 Å². The molecule has 3 aromatic heterocycles. The van der Waals surface area contributed by atoms with Gasteiger partial charge in [0.1, 0.15) is 11.4 Å². The van der Waals surface area contributed by atoms with Crippen molar-refractivity contribution in [1.82, 2.24) is 30.9 Å². The number of hydrogen-bond donors (Lipinski definition) is 5. The van der Waals surface area contributed by atoms with Crippen molar-refractivity contribution >= 4 is 44.1 Å². The van der Waals surface area contributed by atoms with Crippen LogP contribution >= 0.6 is 11.3 Å².